The SMILES string of the molecule is Cc1cccc(CN(C)C(=O)c2ccc(Cl)cc2N)n1. The van der Waals surface area contributed by atoms with Crippen LogP contribution >= 0.6 is 11.6 Å². The third-order valence-electron chi connectivity index (χ3n) is 2.94. The standard InChI is InChI=1S/C15H16ClN3O/c1-10-4-3-5-12(18-10)9-19(2)15(20)13-7-6-11(16)8-14(13)17/h3-8H,9,17H2,1-2H3. The van der Waals surface area contributed by atoms with Gasteiger partial charge in [0.15, 0.2) is 0 Å². The van der Waals surface area contributed by atoms with Crippen molar-refractivity contribution < 1.29 is 4.79 Å². The molecule has 4 nitrogen and oxygen atoms in total. The monoisotopic (exact) mass is 289 g/mol. The molecule has 0 radical (unpaired) electrons. The van der Waals surface area contributed by atoms with Crippen molar-refractivity contribution in [3.05, 3.63) is 58.4 Å². The number of carbonyl (C=O) groups excluding carboxylic acids is 1. The second-order valence-corrected chi connectivity index (χ2v) is 5.10. The highest BCUT2D eigenvalue weighted by atomic mass is 35.5. The molecule has 0 atom stereocenters. The van der Waals surface area contributed by atoms with Crippen LogP contribution in [0.1, 0.15) is 21.7 Å². The fourth-order valence-electron chi connectivity index (χ4n) is 1.94. The zero-order chi connectivity index (χ0) is 14.7. The normalized spacial score (nSPS) is 10.3. The Kier molecular flexibility index (Phi) is 4.25. The second kappa shape index (κ2) is 5.92. The lowest BCUT2D eigenvalue weighted by atomic mass is 10.1. The number of nitrogens with zero attached hydrogens (tertiary/aromatic N) is 2. The molecule has 1 aromatic heterocycles. The summed E-state index contributed by atoms with van der Waals surface area (Å²) < 4.78 is 0. The first kappa shape index (κ1) is 14.3. The van der Waals surface area contributed by atoms with E-state index in [9.17, 15) is 4.79 Å². The molecule has 0 fully saturated rings. The van der Waals surface area contributed by atoms with Gasteiger partial charge in [0, 0.05) is 23.5 Å². The molecule has 2 rings (SSSR count). The van der Waals surface area contributed by atoms with Gasteiger partial charge < -0.3 is 10.6 Å². The van der Waals surface area contributed by atoms with Gasteiger partial charge in [-0.3, -0.25) is 9.78 Å². The molecule has 104 valence electrons. The first-order valence-corrected chi connectivity index (χ1v) is 6.58. The fraction of sp³-hybridized carbons (Fsp3) is 0.200. The van der Waals surface area contributed by atoms with Crippen LogP contribution < -0.4 is 5.73 Å². The summed E-state index contributed by atoms with van der Waals surface area (Å²) in [6.45, 7) is 2.35. The Hall–Kier alpha value is -2.07. The summed E-state index contributed by atoms with van der Waals surface area (Å²) in [6.07, 6.45) is 0. The van der Waals surface area contributed by atoms with Gasteiger partial charge in [0.05, 0.1) is 17.8 Å². The number of amides is 1. The molecular formula is C15H16ClN3O. The summed E-state index contributed by atoms with van der Waals surface area (Å²) in [7, 11) is 1.72. The Bertz CT molecular complexity index is 643. The van der Waals surface area contributed by atoms with E-state index in [0.717, 1.165) is 11.4 Å². The Balaban J connectivity index is 2.16. The largest absolute Gasteiger partial charge is 0.398 e. The predicted molar refractivity (Wildman–Crippen MR) is 80.6 cm³/mol. The molecule has 2 aromatic rings. The van der Waals surface area contributed by atoms with Gasteiger partial charge in [-0.15, -0.1) is 0 Å². The van der Waals surface area contributed by atoms with Gasteiger partial charge in [0.1, 0.15) is 0 Å². The Morgan fingerprint density at radius 2 is 2.10 bits per heavy atom. The maximum atomic E-state index is 12.3. The summed E-state index contributed by atoms with van der Waals surface area (Å²) in [5.41, 5.74) is 8.43. The predicted octanol–water partition coefficient (Wildman–Crippen LogP) is 2.90. The van der Waals surface area contributed by atoms with Crippen LogP contribution in [0.5, 0.6) is 0 Å². The number of nitrogen functional groups attached to an aromatic ring is 1. The minimum Gasteiger partial charge on any atom is -0.398 e. The number of aryl methyl sites for hydroxylation is 1. The van der Waals surface area contributed by atoms with E-state index in [1.807, 2.05) is 25.1 Å². The number of pyridine rings is 1. The van der Waals surface area contributed by atoms with E-state index in [1.165, 1.54) is 0 Å². The summed E-state index contributed by atoms with van der Waals surface area (Å²) >= 11 is 5.83. The van der Waals surface area contributed by atoms with Crippen LogP contribution in [0.3, 0.4) is 0 Å². The molecule has 1 heterocycles. The fourth-order valence-corrected chi connectivity index (χ4v) is 2.12. The number of aromatic nitrogens is 1. The van der Waals surface area contributed by atoms with Crippen molar-refractivity contribution in [1.82, 2.24) is 9.88 Å². The number of anilines is 1. The minimum absolute atomic E-state index is 0.150. The molecular weight excluding hydrogens is 274 g/mol. The van der Waals surface area contributed by atoms with Crippen molar-refractivity contribution in [2.75, 3.05) is 12.8 Å². The van der Waals surface area contributed by atoms with E-state index >= 15 is 0 Å². The van der Waals surface area contributed by atoms with E-state index in [2.05, 4.69) is 4.98 Å². The first-order chi connectivity index (χ1) is 9.47. The number of carbonyl (C=O) groups is 1. The quantitative estimate of drug-likeness (QED) is 0.884. The van der Waals surface area contributed by atoms with Crippen LogP contribution in [-0.2, 0) is 6.54 Å². The van der Waals surface area contributed by atoms with E-state index in [-0.39, 0.29) is 5.91 Å². The summed E-state index contributed by atoms with van der Waals surface area (Å²) in [5, 5.41) is 0.516. The van der Waals surface area contributed by atoms with Gasteiger partial charge in [-0.1, -0.05) is 17.7 Å². The molecule has 1 aromatic carbocycles. The van der Waals surface area contributed by atoms with Gasteiger partial charge in [0.25, 0.3) is 5.91 Å². The van der Waals surface area contributed by atoms with Crippen LogP contribution in [0.4, 0.5) is 5.69 Å². The number of hydrogen-bond donors (Lipinski definition) is 1. The van der Waals surface area contributed by atoms with Crippen molar-refractivity contribution >= 4 is 23.2 Å². The molecule has 5 heteroatoms. The summed E-state index contributed by atoms with van der Waals surface area (Å²) in [6, 6.07) is 10.6. The molecule has 0 saturated heterocycles. The molecule has 0 aliphatic rings. The maximum Gasteiger partial charge on any atom is 0.256 e. The van der Waals surface area contributed by atoms with E-state index < -0.39 is 0 Å². The van der Waals surface area contributed by atoms with Crippen molar-refractivity contribution in [2.24, 2.45) is 0 Å². The van der Waals surface area contributed by atoms with Crippen molar-refractivity contribution in [1.29, 1.82) is 0 Å². The third-order valence-corrected chi connectivity index (χ3v) is 3.17. The zero-order valence-electron chi connectivity index (χ0n) is 11.4. The lowest BCUT2D eigenvalue weighted by Gasteiger charge is -2.18. The second-order valence-electron chi connectivity index (χ2n) is 4.66. The highest BCUT2D eigenvalue weighted by Gasteiger charge is 2.15. The summed E-state index contributed by atoms with van der Waals surface area (Å²) in [4.78, 5) is 18.3. The van der Waals surface area contributed by atoms with Crippen LogP contribution in [0.25, 0.3) is 0 Å². The first-order valence-electron chi connectivity index (χ1n) is 6.20. The van der Waals surface area contributed by atoms with Crippen molar-refractivity contribution in [3.63, 3.8) is 0 Å². The molecule has 1 amide bonds. The van der Waals surface area contributed by atoms with Gasteiger partial charge in [-0.2, -0.15) is 0 Å². The Morgan fingerprint density at radius 1 is 1.35 bits per heavy atom. The maximum absolute atomic E-state index is 12.3. The minimum atomic E-state index is -0.150. The molecule has 0 aliphatic carbocycles. The van der Waals surface area contributed by atoms with Gasteiger partial charge in [0.2, 0.25) is 0 Å². The molecule has 0 spiro atoms. The lowest BCUT2D eigenvalue weighted by Crippen LogP contribution is -2.27. The molecule has 0 unspecified atom stereocenters. The third kappa shape index (κ3) is 3.27. The van der Waals surface area contributed by atoms with Crippen molar-refractivity contribution in [3.8, 4) is 0 Å². The van der Waals surface area contributed by atoms with E-state index in [1.54, 1.807) is 30.1 Å². The molecule has 20 heavy (non-hydrogen) atoms. The number of hydrogen-bond acceptors (Lipinski definition) is 3. The molecule has 0 bridgehead atoms. The number of halogens is 1. The number of nitrogens with two attached hydrogens (primary N) is 1. The van der Waals surface area contributed by atoms with E-state index in [4.69, 9.17) is 17.3 Å². The Labute approximate surface area is 123 Å². The highest BCUT2D eigenvalue weighted by molar-refractivity contribution is 6.31. The summed E-state index contributed by atoms with van der Waals surface area (Å²) in [5.74, 6) is -0.150. The molecule has 0 saturated carbocycles. The average Bonchev–Trinajstić information content (AvgIpc) is 2.38. The average molecular weight is 290 g/mol. The van der Waals surface area contributed by atoms with Gasteiger partial charge in [-0.05, 0) is 37.3 Å². The van der Waals surface area contributed by atoms with Gasteiger partial charge in [-0.25, -0.2) is 0 Å². The van der Waals surface area contributed by atoms with Crippen LogP contribution in [0, 0.1) is 6.92 Å². The number of benzene rings is 1. The lowest BCUT2D eigenvalue weighted by molar-refractivity contribution is 0.0784. The molecule has 2 N–H and O–H groups in total. The van der Waals surface area contributed by atoms with E-state index in [0.29, 0.717) is 22.8 Å². The van der Waals surface area contributed by atoms with Gasteiger partial charge >= 0.3 is 0 Å². The van der Waals surface area contributed by atoms with Crippen LogP contribution in [0.2, 0.25) is 5.02 Å². The Morgan fingerprint density at radius 3 is 2.75 bits per heavy atom. The zero-order valence-corrected chi connectivity index (χ0v) is 12.2. The number of rotatable bonds is 3. The van der Waals surface area contributed by atoms with Crippen molar-refractivity contribution in [2.45, 2.75) is 13.5 Å². The van der Waals surface area contributed by atoms with Crippen LogP contribution in [-0.4, -0.2) is 22.8 Å². The smallest absolute Gasteiger partial charge is 0.256 e. The topological polar surface area (TPSA) is 59.2 Å². The molecule has 0 aliphatic heterocycles. The highest BCUT2D eigenvalue weighted by Crippen LogP contribution is 2.19. The van der Waals surface area contributed by atoms with Crippen LogP contribution in [0.15, 0.2) is 36.4 Å².